The molecule has 3 amide bonds. The third kappa shape index (κ3) is 11.6. The van der Waals surface area contributed by atoms with Gasteiger partial charge in [-0.15, -0.1) is 0 Å². The van der Waals surface area contributed by atoms with E-state index in [4.69, 9.17) is 30.9 Å². The summed E-state index contributed by atoms with van der Waals surface area (Å²) < 4.78 is 16.8. The Balaban J connectivity index is 0.000000396. The van der Waals surface area contributed by atoms with E-state index in [0.29, 0.717) is 42.1 Å². The molecule has 0 radical (unpaired) electrons. The first-order valence-electron chi connectivity index (χ1n) is 17.1. The molecule has 3 heterocycles. The van der Waals surface area contributed by atoms with Gasteiger partial charge in [0.2, 0.25) is 11.8 Å². The summed E-state index contributed by atoms with van der Waals surface area (Å²) in [6, 6.07) is 3.01. The summed E-state index contributed by atoms with van der Waals surface area (Å²) in [5, 5.41) is 22.8. The van der Waals surface area contributed by atoms with Crippen LogP contribution in [0.4, 0.5) is 10.5 Å². The summed E-state index contributed by atoms with van der Waals surface area (Å²) in [6.45, 7) is 11.3. The Morgan fingerprint density at radius 3 is 2.57 bits per heavy atom. The van der Waals surface area contributed by atoms with E-state index in [0.717, 1.165) is 11.1 Å². The molecule has 0 saturated carbocycles. The second-order valence-electron chi connectivity index (χ2n) is 14.8. The molecule has 1 aromatic carbocycles. The van der Waals surface area contributed by atoms with Crippen LogP contribution < -0.4 is 15.0 Å². The molecule has 12 nitrogen and oxygen atoms in total. The van der Waals surface area contributed by atoms with E-state index >= 15 is 0 Å². The number of allylic oxidation sites excluding steroid dienone is 3. The fourth-order valence-electron chi connectivity index (χ4n) is 6.16. The minimum atomic E-state index is -1.40. The predicted molar refractivity (Wildman–Crippen MR) is 199 cm³/mol. The lowest BCUT2D eigenvalue weighted by Crippen LogP contribution is -2.57. The number of aliphatic carboxylic acids is 1. The number of carboxylic acid groups (broad SMARTS) is 1. The predicted octanol–water partition coefficient (Wildman–Crippen LogP) is 5.93. The first kappa shape index (κ1) is 42.2. The van der Waals surface area contributed by atoms with E-state index < -0.39 is 35.5 Å². The van der Waals surface area contributed by atoms with Crippen LogP contribution in [0.15, 0.2) is 35.9 Å². The Morgan fingerprint density at radius 2 is 1.96 bits per heavy atom. The van der Waals surface area contributed by atoms with Crippen LogP contribution in [0, 0.1) is 5.92 Å². The molecule has 4 rings (SSSR count). The van der Waals surface area contributed by atoms with Crippen molar-refractivity contribution in [1.29, 1.82) is 0 Å². The zero-order valence-corrected chi connectivity index (χ0v) is 32.8. The van der Waals surface area contributed by atoms with Crippen molar-refractivity contribution in [2.24, 2.45) is 5.92 Å². The zero-order chi connectivity index (χ0) is 38.5. The van der Waals surface area contributed by atoms with Crippen LogP contribution in [-0.2, 0) is 30.3 Å². The van der Waals surface area contributed by atoms with Crippen LogP contribution >= 0.6 is 24.2 Å². The quantitative estimate of drug-likeness (QED) is 0.204. The summed E-state index contributed by atoms with van der Waals surface area (Å²) in [5.41, 5.74) is 0.692. The molecule has 3 aliphatic rings. The summed E-state index contributed by atoms with van der Waals surface area (Å²) >= 11 is 10.9. The lowest BCUT2D eigenvalue weighted by atomic mass is 9.85. The molecule has 1 aromatic rings. The van der Waals surface area contributed by atoms with Crippen LogP contribution in [0.2, 0.25) is 5.02 Å². The number of carbonyl (C=O) groups excluding carboxylic acids is 3. The maximum absolute atomic E-state index is 13.2. The molecular formula is C37H54ClN3O9S. The fraction of sp³-hybridized carbons (Fsp3) is 0.622. The van der Waals surface area contributed by atoms with Crippen molar-refractivity contribution >= 4 is 53.8 Å². The lowest BCUT2D eigenvalue weighted by molar-refractivity contribution is -0.148. The number of nitrogens with zero attached hydrogens (tertiary/aromatic N) is 2. The van der Waals surface area contributed by atoms with Gasteiger partial charge in [0.25, 0.3) is 0 Å². The van der Waals surface area contributed by atoms with Crippen LogP contribution in [0.3, 0.4) is 0 Å². The molecule has 284 valence electrons. The smallest absolute Gasteiger partial charge is 0.409 e. The van der Waals surface area contributed by atoms with Crippen LogP contribution in [0.25, 0.3) is 0 Å². The van der Waals surface area contributed by atoms with Gasteiger partial charge >= 0.3 is 12.1 Å². The monoisotopic (exact) mass is 751 g/mol. The molecule has 0 spiro atoms. The molecule has 6 atom stereocenters. The summed E-state index contributed by atoms with van der Waals surface area (Å²) in [6.07, 6.45) is 7.16. The molecule has 3 N–H and O–H groups in total. The van der Waals surface area contributed by atoms with Gasteiger partial charge in [0.05, 0.1) is 24.5 Å². The number of epoxide rings is 1. The summed E-state index contributed by atoms with van der Waals surface area (Å²) in [5.74, 6) is -0.878. The van der Waals surface area contributed by atoms with Gasteiger partial charge in [-0.2, -0.15) is 12.6 Å². The van der Waals surface area contributed by atoms with Crippen LogP contribution in [0.1, 0.15) is 85.6 Å². The van der Waals surface area contributed by atoms with Crippen molar-refractivity contribution in [2.75, 3.05) is 26.1 Å². The van der Waals surface area contributed by atoms with E-state index in [9.17, 15) is 24.3 Å². The number of carboxylic acids is 1. The van der Waals surface area contributed by atoms with Gasteiger partial charge in [-0.25, -0.2) is 9.59 Å². The maximum Gasteiger partial charge on any atom is 0.409 e. The first-order chi connectivity index (χ1) is 23.6. The van der Waals surface area contributed by atoms with Crippen LogP contribution in [-0.4, -0.2) is 94.5 Å². The van der Waals surface area contributed by atoms with Gasteiger partial charge in [0.15, 0.2) is 0 Å². The number of halogens is 1. The molecule has 0 unspecified atom stereocenters. The minimum Gasteiger partial charge on any atom is -0.495 e. The van der Waals surface area contributed by atoms with Gasteiger partial charge < -0.3 is 34.2 Å². The van der Waals surface area contributed by atoms with E-state index in [2.05, 4.69) is 17.9 Å². The zero-order valence-electron chi connectivity index (χ0n) is 31.1. The molecule has 3 aliphatic heterocycles. The number of alkyl carbamates (subject to hydrolysis) is 1. The Bertz CT molecular complexity index is 1530. The van der Waals surface area contributed by atoms with Crippen molar-refractivity contribution in [3.8, 4) is 5.75 Å². The number of methoxy groups -OCH3 is 1. The average Bonchev–Trinajstić information content (AvgIpc) is 3.73. The van der Waals surface area contributed by atoms with Gasteiger partial charge in [0, 0.05) is 50.4 Å². The number of hydrogen-bond acceptors (Lipinski definition) is 9. The maximum atomic E-state index is 13.2. The number of carbonyl (C=O) groups is 4. The molecular weight excluding hydrogens is 698 g/mol. The standard InChI is InChI=1S/C27H35ClN2O6.C10H19NO3S/c1-16-8-6-7-10-27(33)15-21(35-25(32)29-27)17(2)24-26(3,36-24)11-9-22(31)30(4)19-13-18(12-16)14-20(34-5)23(19)28;1-7(9(13)14)11(4)8(12)5-6-10(2,3)15/h6-8,13-14,17,21,24,33H,9-12,15H2,1-5H3,(H,29,32);7,15H,5-6H2,1-4H3,(H,13,14)/b7-6+,16-8+;/t17-,21+,24+,26+,27-;7-/m10/s1. The second-order valence-corrected chi connectivity index (χ2v) is 16.3. The van der Waals surface area contributed by atoms with Gasteiger partial charge in [-0.1, -0.05) is 56.2 Å². The average molecular weight is 752 g/mol. The second kappa shape index (κ2) is 17.0. The number of ether oxygens (including phenoxy) is 3. The number of amides is 3. The number of likely N-dealkylation sites (N-methyl/N-ethyl adjacent to an activating group) is 1. The molecule has 0 aliphatic carbocycles. The van der Waals surface area contributed by atoms with Gasteiger partial charge in [-0.05, 0) is 57.7 Å². The number of rotatable bonds is 6. The van der Waals surface area contributed by atoms with Crippen molar-refractivity contribution < 1.29 is 43.6 Å². The molecule has 2 saturated heterocycles. The fourth-order valence-corrected chi connectivity index (χ4v) is 6.59. The van der Waals surface area contributed by atoms with E-state index in [1.807, 2.05) is 65.0 Å². The summed E-state index contributed by atoms with van der Waals surface area (Å²) in [7, 11) is 4.78. The van der Waals surface area contributed by atoms with E-state index in [1.54, 1.807) is 19.1 Å². The van der Waals surface area contributed by atoms with Crippen molar-refractivity contribution in [3.63, 3.8) is 0 Å². The Morgan fingerprint density at radius 1 is 1.29 bits per heavy atom. The highest BCUT2D eigenvalue weighted by atomic mass is 35.5. The minimum absolute atomic E-state index is 0.0879. The Kier molecular flexibility index (Phi) is 14.1. The number of benzene rings is 1. The van der Waals surface area contributed by atoms with Gasteiger partial charge in [-0.3, -0.25) is 14.9 Å². The highest BCUT2D eigenvalue weighted by molar-refractivity contribution is 7.81. The van der Waals surface area contributed by atoms with Gasteiger partial charge in [0.1, 0.15) is 28.6 Å². The number of nitrogens with one attached hydrogen (secondary N) is 1. The molecule has 2 fully saturated rings. The highest BCUT2D eigenvalue weighted by Gasteiger charge is 2.58. The lowest BCUT2D eigenvalue weighted by Gasteiger charge is -2.38. The Labute approximate surface area is 311 Å². The van der Waals surface area contributed by atoms with Crippen LogP contribution in [0.5, 0.6) is 5.75 Å². The van der Waals surface area contributed by atoms with Crippen molar-refractivity contribution in [3.05, 3.63) is 46.5 Å². The third-order valence-electron chi connectivity index (χ3n) is 9.74. The highest BCUT2D eigenvalue weighted by Crippen LogP contribution is 2.47. The molecule has 4 bridgehead atoms. The van der Waals surface area contributed by atoms with E-state index in [-0.39, 0.29) is 47.8 Å². The number of anilines is 1. The molecule has 51 heavy (non-hydrogen) atoms. The topological polar surface area (TPSA) is 158 Å². The Hall–Kier alpha value is -3.26. The molecule has 0 aromatic heterocycles. The molecule has 14 heteroatoms. The normalized spacial score (nSPS) is 29.1. The largest absolute Gasteiger partial charge is 0.495 e. The van der Waals surface area contributed by atoms with Crippen molar-refractivity contribution in [1.82, 2.24) is 10.2 Å². The number of hydrogen-bond donors (Lipinski definition) is 4. The third-order valence-corrected chi connectivity index (χ3v) is 10.3. The summed E-state index contributed by atoms with van der Waals surface area (Å²) in [4.78, 5) is 50.4. The first-order valence-corrected chi connectivity index (χ1v) is 18.0. The number of fused-ring (bicyclic) bond motifs is 5. The van der Waals surface area contributed by atoms with E-state index in [1.165, 1.54) is 18.9 Å². The SMILES string of the molecule is COc1cc2cc(c1Cl)N(C)C(=O)CC[C@]1(C)O[C@H]1[C@H](C)[C@@H]1C[C@](O)(C/C=C/C=C(\C)C2)NC(=O)O1.C[C@@H](C(=O)O)N(C)C(=O)CCC(C)(C)S. The number of thiol groups is 1. The van der Waals surface area contributed by atoms with Crippen molar-refractivity contribution in [2.45, 2.75) is 121 Å². The number of aliphatic hydroxyl groups is 1.